The van der Waals surface area contributed by atoms with Gasteiger partial charge in [-0.15, -0.1) is 11.8 Å². The zero-order valence-corrected chi connectivity index (χ0v) is 17.9. The first kappa shape index (κ1) is 21.3. The maximum atomic E-state index is 12.9. The number of rotatable bonds is 5. The summed E-state index contributed by atoms with van der Waals surface area (Å²) in [5.41, 5.74) is 0.615. The van der Waals surface area contributed by atoms with Gasteiger partial charge in [0.05, 0.1) is 10.6 Å². The fourth-order valence-electron chi connectivity index (χ4n) is 3.14. The first-order valence-corrected chi connectivity index (χ1v) is 11.4. The Morgan fingerprint density at radius 1 is 1.15 bits per heavy atom. The largest absolute Gasteiger partial charge is 0.325 e. The van der Waals surface area contributed by atoms with Gasteiger partial charge in [0, 0.05) is 23.5 Å². The Morgan fingerprint density at radius 2 is 1.69 bits per heavy atom. The smallest absolute Gasteiger partial charge is 0.243 e. The molecule has 0 aromatic heterocycles. The molecule has 2 rings (SSSR count). The SMILES string of the molecule is CC1CC(C)CN(S(=O)(=O)c2ccc(NC(=O)CSC(C)(C)C)cc2)C1. The quantitative estimate of drug-likeness (QED) is 0.819. The fourth-order valence-corrected chi connectivity index (χ4v) is 5.46. The lowest BCUT2D eigenvalue weighted by Gasteiger charge is -2.34. The highest BCUT2D eigenvalue weighted by Gasteiger charge is 2.31. The number of anilines is 1. The molecule has 0 bridgehead atoms. The molecule has 1 aromatic rings. The summed E-state index contributed by atoms with van der Waals surface area (Å²) in [6, 6.07) is 6.46. The van der Waals surface area contributed by atoms with Crippen molar-refractivity contribution in [3.05, 3.63) is 24.3 Å². The zero-order chi connectivity index (χ0) is 19.5. The number of nitrogens with zero attached hydrogens (tertiary/aromatic N) is 1. The Morgan fingerprint density at radius 3 is 2.19 bits per heavy atom. The molecule has 1 aliphatic heterocycles. The molecule has 7 heteroatoms. The Hall–Kier alpha value is -1.05. The van der Waals surface area contributed by atoms with Gasteiger partial charge < -0.3 is 5.32 Å². The first-order valence-electron chi connectivity index (χ1n) is 9.01. The van der Waals surface area contributed by atoms with E-state index in [9.17, 15) is 13.2 Å². The number of piperidine rings is 1. The van der Waals surface area contributed by atoms with Crippen LogP contribution in [0.4, 0.5) is 5.69 Å². The maximum absolute atomic E-state index is 12.9. The summed E-state index contributed by atoms with van der Waals surface area (Å²) >= 11 is 1.57. The van der Waals surface area contributed by atoms with Crippen molar-refractivity contribution in [3.8, 4) is 0 Å². The number of carbonyl (C=O) groups excluding carboxylic acids is 1. The van der Waals surface area contributed by atoms with E-state index in [2.05, 4.69) is 39.9 Å². The van der Waals surface area contributed by atoms with E-state index in [0.29, 0.717) is 36.4 Å². The number of nitrogens with one attached hydrogen (secondary N) is 1. The summed E-state index contributed by atoms with van der Waals surface area (Å²) in [5, 5.41) is 2.82. The maximum Gasteiger partial charge on any atom is 0.243 e. The van der Waals surface area contributed by atoms with E-state index in [4.69, 9.17) is 0 Å². The molecule has 1 aromatic carbocycles. The molecular formula is C19H30N2O3S2. The van der Waals surface area contributed by atoms with Crippen LogP contribution in [0, 0.1) is 11.8 Å². The Labute approximate surface area is 162 Å². The molecule has 2 unspecified atom stereocenters. The summed E-state index contributed by atoms with van der Waals surface area (Å²) < 4.78 is 27.3. The van der Waals surface area contributed by atoms with Crippen molar-refractivity contribution in [1.29, 1.82) is 0 Å². The number of sulfonamides is 1. The number of thioether (sulfide) groups is 1. The summed E-state index contributed by atoms with van der Waals surface area (Å²) in [5.74, 6) is 1.02. The summed E-state index contributed by atoms with van der Waals surface area (Å²) in [6.07, 6.45) is 1.06. The lowest BCUT2D eigenvalue weighted by Crippen LogP contribution is -2.42. The minimum Gasteiger partial charge on any atom is -0.325 e. The van der Waals surface area contributed by atoms with Crippen LogP contribution in [0.1, 0.15) is 41.0 Å². The van der Waals surface area contributed by atoms with E-state index >= 15 is 0 Å². The Balaban J connectivity index is 2.03. The summed E-state index contributed by atoms with van der Waals surface area (Å²) in [4.78, 5) is 12.3. The molecule has 1 N–H and O–H groups in total. The number of benzene rings is 1. The second kappa shape index (κ2) is 8.31. The van der Waals surface area contributed by atoms with Crippen molar-refractivity contribution in [3.63, 3.8) is 0 Å². The van der Waals surface area contributed by atoms with E-state index in [1.807, 2.05) is 0 Å². The van der Waals surface area contributed by atoms with Crippen molar-refractivity contribution >= 4 is 33.4 Å². The highest BCUT2D eigenvalue weighted by Crippen LogP contribution is 2.27. The second-order valence-electron chi connectivity index (χ2n) is 8.24. The third kappa shape index (κ3) is 5.99. The monoisotopic (exact) mass is 398 g/mol. The molecule has 1 amide bonds. The van der Waals surface area contributed by atoms with Gasteiger partial charge in [-0.05, 0) is 42.5 Å². The second-order valence-corrected chi connectivity index (χ2v) is 12.0. The van der Waals surface area contributed by atoms with Crippen molar-refractivity contribution in [1.82, 2.24) is 4.31 Å². The zero-order valence-electron chi connectivity index (χ0n) is 16.3. The molecule has 1 fully saturated rings. The van der Waals surface area contributed by atoms with Crippen LogP contribution in [0.5, 0.6) is 0 Å². The summed E-state index contributed by atoms with van der Waals surface area (Å²) in [7, 11) is -3.49. The minimum absolute atomic E-state index is 0.0258. The van der Waals surface area contributed by atoms with Crippen LogP contribution >= 0.6 is 11.8 Å². The van der Waals surface area contributed by atoms with Crippen molar-refractivity contribution < 1.29 is 13.2 Å². The first-order chi connectivity index (χ1) is 12.0. The van der Waals surface area contributed by atoms with Crippen LogP contribution in [0.2, 0.25) is 0 Å². The average Bonchev–Trinajstić information content (AvgIpc) is 2.52. The standard InChI is InChI=1S/C19H30N2O3S2/c1-14-10-15(2)12-21(11-14)26(23,24)17-8-6-16(7-9-17)20-18(22)13-25-19(3,4)5/h6-9,14-15H,10-13H2,1-5H3,(H,20,22). The molecule has 26 heavy (non-hydrogen) atoms. The van der Waals surface area contributed by atoms with Crippen molar-refractivity contribution in [2.45, 2.75) is 50.7 Å². The molecular weight excluding hydrogens is 368 g/mol. The predicted octanol–water partition coefficient (Wildman–Crippen LogP) is 3.82. The van der Waals surface area contributed by atoms with Crippen LogP contribution in [0.25, 0.3) is 0 Å². The normalized spacial score (nSPS) is 22.2. The third-order valence-corrected chi connectivity index (χ3v) is 7.37. The van der Waals surface area contributed by atoms with Crippen LogP contribution in [0.15, 0.2) is 29.2 Å². The highest BCUT2D eigenvalue weighted by molar-refractivity contribution is 8.01. The molecule has 0 radical (unpaired) electrons. The lowest BCUT2D eigenvalue weighted by atomic mass is 9.94. The average molecular weight is 399 g/mol. The van der Waals surface area contributed by atoms with E-state index in [1.54, 1.807) is 40.3 Å². The molecule has 0 aliphatic carbocycles. The molecule has 2 atom stereocenters. The van der Waals surface area contributed by atoms with Gasteiger partial charge in [0.2, 0.25) is 15.9 Å². The van der Waals surface area contributed by atoms with Gasteiger partial charge in [-0.25, -0.2) is 8.42 Å². The fraction of sp³-hybridized carbons (Fsp3) is 0.632. The third-order valence-electron chi connectivity index (χ3n) is 4.25. The van der Waals surface area contributed by atoms with Gasteiger partial charge in [0.15, 0.2) is 0 Å². The van der Waals surface area contributed by atoms with Crippen molar-refractivity contribution in [2.24, 2.45) is 11.8 Å². The van der Waals surface area contributed by atoms with Crippen LogP contribution in [-0.2, 0) is 14.8 Å². The molecule has 1 saturated heterocycles. The van der Waals surface area contributed by atoms with E-state index in [0.717, 1.165) is 6.42 Å². The van der Waals surface area contributed by atoms with E-state index in [1.165, 1.54) is 0 Å². The summed E-state index contributed by atoms with van der Waals surface area (Å²) in [6.45, 7) is 11.5. The van der Waals surface area contributed by atoms with Crippen LogP contribution in [-0.4, -0.2) is 42.2 Å². The molecule has 1 heterocycles. The van der Waals surface area contributed by atoms with Gasteiger partial charge in [0.1, 0.15) is 0 Å². The van der Waals surface area contributed by atoms with Gasteiger partial charge in [-0.1, -0.05) is 34.6 Å². The lowest BCUT2D eigenvalue weighted by molar-refractivity contribution is -0.113. The number of hydrogen-bond donors (Lipinski definition) is 1. The number of carbonyl (C=O) groups is 1. The van der Waals surface area contributed by atoms with Gasteiger partial charge >= 0.3 is 0 Å². The van der Waals surface area contributed by atoms with Crippen LogP contribution in [0.3, 0.4) is 0 Å². The van der Waals surface area contributed by atoms with Crippen LogP contribution < -0.4 is 5.32 Å². The van der Waals surface area contributed by atoms with Gasteiger partial charge in [-0.3, -0.25) is 4.79 Å². The number of hydrogen-bond acceptors (Lipinski definition) is 4. The molecule has 0 spiro atoms. The van der Waals surface area contributed by atoms with Gasteiger partial charge in [-0.2, -0.15) is 4.31 Å². The van der Waals surface area contributed by atoms with E-state index < -0.39 is 10.0 Å². The molecule has 0 saturated carbocycles. The molecule has 1 aliphatic rings. The van der Waals surface area contributed by atoms with Gasteiger partial charge in [0.25, 0.3) is 0 Å². The highest BCUT2D eigenvalue weighted by atomic mass is 32.2. The minimum atomic E-state index is -3.49. The van der Waals surface area contributed by atoms with Crippen molar-refractivity contribution in [2.75, 3.05) is 24.2 Å². The number of amides is 1. The van der Waals surface area contributed by atoms with E-state index in [-0.39, 0.29) is 15.5 Å². The predicted molar refractivity (Wildman–Crippen MR) is 109 cm³/mol. The molecule has 146 valence electrons. The Kier molecular flexibility index (Phi) is 6.80. The molecule has 5 nitrogen and oxygen atoms in total. The topological polar surface area (TPSA) is 66.5 Å². The Bertz CT molecular complexity index is 714.